The number of carbonyl (C=O) groups is 1. The molecule has 1 fully saturated rings. The largest absolute Gasteiger partial charge is 0.354 e. The summed E-state index contributed by atoms with van der Waals surface area (Å²) in [6, 6.07) is -0.0129. The van der Waals surface area contributed by atoms with Gasteiger partial charge in [-0.3, -0.25) is 9.69 Å². The van der Waals surface area contributed by atoms with E-state index in [2.05, 4.69) is 15.5 Å². The standard InChI is InChI=1S/C11H18N4O2/c1-7(2)10-13-11(17-14-10)8(3)15-5-4-12-9(16)6-15/h7-8H,4-6H2,1-3H3,(H,12,16)/t8-/m1/s1. The fourth-order valence-corrected chi connectivity index (χ4v) is 1.80. The van der Waals surface area contributed by atoms with Crippen molar-refractivity contribution in [3.8, 4) is 0 Å². The summed E-state index contributed by atoms with van der Waals surface area (Å²) in [5, 5.41) is 6.73. The minimum absolute atomic E-state index is 0.0129. The van der Waals surface area contributed by atoms with Gasteiger partial charge in [-0.1, -0.05) is 19.0 Å². The zero-order valence-corrected chi connectivity index (χ0v) is 10.4. The maximum Gasteiger partial charge on any atom is 0.243 e. The minimum Gasteiger partial charge on any atom is -0.354 e. The van der Waals surface area contributed by atoms with E-state index in [1.165, 1.54) is 0 Å². The molecule has 17 heavy (non-hydrogen) atoms. The van der Waals surface area contributed by atoms with E-state index in [0.29, 0.717) is 24.8 Å². The van der Waals surface area contributed by atoms with Gasteiger partial charge in [-0.15, -0.1) is 0 Å². The first-order valence-corrected chi connectivity index (χ1v) is 5.92. The Morgan fingerprint density at radius 3 is 2.76 bits per heavy atom. The lowest BCUT2D eigenvalue weighted by molar-refractivity contribution is -0.125. The Morgan fingerprint density at radius 1 is 1.41 bits per heavy atom. The van der Waals surface area contributed by atoms with E-state index >= 15 is 0 Å². The number of nitrogens with zero attached hydrogens (tertiary/aromatic N) is 3. The van der Waals surface area contributed by atoms with Gasteiger partial charge in [0.2, 0.25) is 11.8 Å². The molecule has 94 valence electrons. The maximum atomic E-state index is 11.3. The topological polar surface area (TPSA) is 71.3 Å². The van der Waals surface area contributed by atoms with Crippen LogP contribution in [0.15, 0.2) is 4.52 Å². The van der Waals surface area contributed by atoms with Crippen LogP contribution >= 0.6 is 0 Å². The Bertz CT molecular complexity index is 402. The highest BCUT2D eigenvalue weighted by Gasteiger charge is 2.26. The lowest BCUT2D eigenvalue weighted by Crippen LogP contribution is -2.48. The van der Waals surface area contributed by atoms with Crippen molar-refractivity contribution in [2.75, 3.05) is 19.6 Å². The first-order valence-electron chi connectivity index (χ1n) is 5.92. The fraction of sp³-hybridized carbons (Fsp3) is 0.727. The Hall–Kier alpha value is -1.43. The number of hydrogen-bond donors (Lipinski definition) is 1. The van der Waals surface area contributed by atoms with Gasteiger partial charge < -0.3 is 9.84 Å². The van der Waals surface area contributed by atoms with Gasteiger partial charge in [-0.05, 0) is 6.92 Å². The van der Waals surface area contributed by atoms with E-state index in [9.17, 15) is 4.79 Å². The van der Waals surface area contributed by atoms with Gasteiger partial charge in [0.1, 0.15) is 0 Å². The van der Waals surface area contributed by atoms with Crippen LogP contribution in [0.25, 0.3) is 0 Å². The summed E-state index contributed by atoms with van der Waals surface area (Å²) in [7, 11) is 0. The molecule has 6 heteroatoms. The number of piperazine rings is 1. The van der Waals surface area contributed by atoms with Crippen molar-refractivity contribution < 1.29 is 9.32 Å². The van der Waals surface area contributed by atoms with Crippen molar-refractivity contribution in [3.63, 3.8) is 0 Å². The van der Waals surface area contributed by atoms with Crippen LogP contribution in [0.3, 0.4) is 0 Å². The molecule has 1 N–H and O–H groups in total. The molecule has 2 rings (SSSR count). The van der Waals surface area contributed by atoms with Crippen LogP contribution in [-0.4, -0.2) is 40.6 Å². The normalized spacial score (nSPS) is 19.4. The molecule has 0 unspecified atom stereocenters. The quantitative estimate of drug-likeness (QED) is 0.838. The van der Waals surface area contributed by atoms with Gasteiger partial charge in [0.15, 0.2) is 5.82 Å². The molecule has 0 bridgehead atoms. The molecule has 1 aromatic rings. The lowest BCUT2D eigenvalue weighted by Gasteiger charge is -2.29. The van der Waals surface area contributed by atoms with E-state index < -0.39 is 0 Å². The van der Waals surface area contributed by atoms with Crippen molar-refractivity contribution in [1.29, 1.82) is 0 Å². The summed E-state index contributed by atoms with van der Waals surface area (Å²) >= 11 is 0. The van der Waals surface area contributed by atoms with Crippen LogP contribution < -0.4 is 5.32 Å². The zero-order valence-electron chi connectivity index (χ0n) is 10.4. The predicted octanol–water partition coefficient (Wildman–Crippen LogP) is 0.686. The first kappa shape index (κ1) is 12.0. The number of carbonyl (C=O) groups excluding carboxylic acids is 1. The summed E-state index contributed by atoms with van der Waals surface area (Å²) in [5.74, 6) is 1.60. The number of amides is 1. The van der Waals surface area contributed by atoms with E-state index in [1.54, 1.807) is 0 Å². The van der Waals surface area contributed by atoms with Gasteiger partial charge in [0.05, 0.1) is 12.6 Å². The van der Waals surface area contributed by atoms with Gasteiger partial charge in [-0.25, -0.2) is 0 Å². The Balaban J connectivity index is 2.07. The Labute approximate surface area is 100 Å². The van der Waals surface area contributed by atoms with Crippen LogP contribution in [0.1, 0.15) is 44.4 Å². The van der Waals surface area contributed by atoms with Gasteiger partial charge >= 0.3 is 0 Å². The van der Waals surface area contributed by atoms with E-state index in [1.807, 2.05) is 25.7 Å². The summed E-state index contributed by atoms with van der Waals surface area (Å²) in [4.78, 5) is 17.7. The van der Waals surface area contributed by atoms with E-state index in [0.717, 1.165) is 6.54 Å². The molecular weight excluding hydrogens is 220 g/mol. The van der Waals surface area contributed by atoms with Crippen LogP contribution in [0.4, 0.5) is 0 Å². The molecule has 6 nitrogen and oxygen atoms in total. The summed E-state index contributed by atoms with van der Waals surface area (Å²) in [6.45, 7) is 7.90. The third-order valence-electron chi connectivity index (χ3n) is 2.95. The molecule has 1 aromatic heterocycles. The summed E-state index contributed by atoms with van der Waals surface area (Å²) in [6.07, 6.45) is 0. The second-order valence-electron chi connectivity index (χ2n) is 4.64. The molecule has 0 aliphatic carbocycles. The minimum atomic E-state index is -0.0129. The molecule has 1 amide bonds. The van der Waals surface area contributed by atoms with E-state index in [-0.39, 0.29) is 17.9 Å². The molecule has 2 heterocycles. The SMILES string of the molecule is CC(C)c1noc([C@@H](C)N2CCNC(=O)C2)n1. The number of aromatic nitrogens is 2. The Morgan fingerprint density at radius 2 is 2.18 bits per heavy atom. The summed E-state index contributed by atoms with van der Waals surface area (Å²) < 4.78 is 5.24. The van der Waals surface area contributed by atoms with Crippen LogP contribution in [0.5, 0.6) is 0 Å². The van der Waals surface area contributed by atoms with Gasteiger partial charge in [0.25, 0.3) is 0 Å². The average Bonchev–Trinajstić information content (AvgIpc) is 2.77. The van der Waals surface area contributed by atoms with Gasteiger partial charge in [-0.2, -0.15) is 4.98 Å². The van der Waals surface area contributed by atoms with Crippen molar-refractivity contribution in [1.82, 2.24) is 20.4 Å². The third kappa shape index (κ3) is 2.63. The van der Waals surface area contributed by atoms with Crippen LogP contribution in [-0.2, 0) is 4.79 Å². The number of nitrogens with one attached hydrogen (secondary N) is 1. The second kappa shape index (κ2) is 4.83. The number of rotatable bonds is 3. The van der Waals surface area contributed by atoms with Crippen LogP contribution in [0.2, 0.25) is 0 Å². The molecule has 0 spiro atoms. The first-order chi connectivity index (χ1) is 8.08. The smallest absolute Gasteiger partial charge is 0.243 e. The van der Waals surface area contributed by atoms with Crippen molar-refractivity contribution >= 4 is 5.91 Å². The molecule has 0 radical (unpaired) electrons. The molecule has 0 saturated carbocycles. The van der Waals surface area contributed by atoms with Crippen molar-refractivity contribution in [3.05, 3.63) is 11.7 Å². The van der Waals surface area contributed by atoms with Crippen molar-refractivity contribution in [2.24, 2.45) is 0 Å². The van der Waals surface area contributed by atoms with Crippen LogP contribution in [0, 0.1) is 0 Å². The van der Waals surface area contributed by atoms with E-state index in [4.69, 9.17) is 4.52 Å². The van der Waals surface area contributed by atoms with Gasteiger partial charge in [0, 0.05) is 19.0 Å². The highest BCUT2D eigenvalue weighted by atomic mass is 16.5. The summed E-state index contributed by atoms with van der Waals surface area (Å²) in [5.41, 5.74) is 0. The molecule has 0 aromatic carbocycles. The molecule has 1 aliphatic rings. The van der Waals surface area contributed by atoms with Crippen molar-refractivity contribution in [2.45, 2.75) is 32.7 Å². The Kier molecular flexibility index (Phi) is 3.42. The molecular formula is C11H18N4O2. The molecule has 1 saturated heterocycles. The molecule has 1 aliphatic heterocycles. The third-order valence-corrected chi connectivity index (χ3v) is 2.95. The highest BCUT2D eigenvalue weighted by Crippen LogP contribution is 2.20. The number of hydrogen-bond acceptors (Lipinski definition) is 5. The fourth-order valence-electron chi connectivity index (χ4n) is 1.80. The average molecular weight is 238 g/mol. The molecule has 1 atom stereocenters. The highest BCUT2D eigenvalue weighted by molar-refractivity contribution is 5.78. The predicted molar refractivity (Wildman–Crippen MR) is 61.4 cm³/mol. The zero-order chi connectivity index (χ0) is 12.4. The second-order valence-corrected chi connectivity index (χ2v) is 4.64. The lowest BCUT2D eigenvalue weighted by atomic mass is 10.2. The monoisotopic (exact) mass is 238 g/mol. The maximum absolute atomic E-state index is 11.3.